The second-order valence-corrected chi connectivity index (χ2v) is 12.1. The van der Waals surface area contributed by atoms with Gasteiger partial charge in [0.05, 0.1) is 21.9 Å². The summed E-state index contributed by atoms with van der Waals surface area (Å²) in [5.74, 6) is -1.01. The maximum atomic E-state index is 13.6. The van der Waals surface area contributed by atoms with Gasteiger partial charge in [-0.25, -0.2) is 12.8 Å². The maximum absolute atomic E-state index is 13.6. The van der Waals surface area contributed by atoms with E-state index in [1.807, 2.05) is 0 Å². The molecule has 7 nitrogen and oxygen atoms in total. The van der Waals surface area contributed by atoms with Crippen molar-refractivity contribution in [2.75, 3.05) is 10.5 Å². The van der Waals surface area contributed by atoms with Crippen LogP contribution in [0.3, 0.4) is 0 Å². The number of thioether (sulfide) groups is 1. The van der Waals surface area contributed by atoms with Gasteiger partial charge in [0.15, 0.2) is 16.8 Å². The monoisotopic (exact) mass is 646 g/mol. The topological polar surface area (TPSA) is 94.0 Å². The Bertz CT molecular complexity index is 1900. The average Bonchev–Trinajstić information content (AvgIpc) is 3.41. The largest absolute Gasteiger partial charge is 0.416 e. The van der Waals surface area contributed by atoms with Crippen molar-refractivity contribution in [1.29, 1.82) is 0 Å². The van der Waals surface area contributed by atoms with E-state index in [9.17, 15) is 30.8 Å². The molecule has 5 rings (SSSR count). The Hall–Kier alpha value is -4.20. The zero-order valence-electron chi connectivity index (χ0n) is 21.7. The summed E-state index contributed by atoms with van der Waals surface area (Å²) in [5.41, 5.74) is -0.136. The smallest absolute Gasteiger partial charge is 0.293 e. The Balaban J connectivity index is 1.53. The summed E-state index contributed by atoms with van der Waals surface area (Å²) in [4.78, 5) is 12.6. The van der Waals surface area contributed by atoms with Crippen molar-refractivity contribution in [3.8, 4) is 17.1 Å². The zero-order chi connectivity index (χ0) is 30.8. The normalized spacial score (nSPS) is 11.8. The standard InChI is InChI=1S/C29H19ClF4N4O3S2/c30-21-9-13-23(14-10-21)37-43(40,41)25-6-1-3-19(15-25)27-35-36-28(42-17-26(39)18-7-11-22(31)12-8-18)38(27)24-5-2-4-20(16-24)29(32,33)34/h1-16,37H,17H2. The molecule has 4 aromatic carbocycles. The number of sulfonamides is 1. The molecule has 5 aromatic rings. The minimum atomic E-state index is -4.64. The number of rotatable bonds is 9. The second-order valence-electron chi connectivity index (χ2n) is 9.05. The molecule has 0 saturated heterocycles. The number of ketones is 1. The van der Waals surface area contributed by atoms with Crippen LogP contribution in [0.4, 0.5) is 23.2 Å². The summed E-state index contributed by atoms with van der Waals surface area (Å²) in [6, 6.07) is 21.1. The van der Waals surface area contributed by atoms with Crippen molar-refractivity contribution in [1.82, 2.24) is 14.8 Å². The first-order valence-electron chi connectivity index (χ1n) is 12.3. The number of alkyl halides is 3. The third-order valence-corrected chi connectivity index (χ3v) is 8.62. The molecule has 0 spiro atoms. The molecule has 0 bridgehead atoms. The molecule has 0 amide bonds. The minimum Gasteiger partial charge on any atom is -0.293 e. The summed E-state index contributed by atoms with van der Waals surface area (Å²) in [6.45, 7) is 0. The number of hydrogen-bond donors (Lipinski definition) is 1. The van der Waals surface area contributed by atoms with Crippen LogP contribution in [-0.2, 0) is 16.2 Å². The van der Waals surface area contributed by atoms with Crippen molar-refractivity contribution in [3.05, 3.63) is 119 Å². The van der Waals surface area contributed by atoms with E-state index in [0.717, 1.165) is 36.0 Å². The number of hydrogen-bond acceptors (Lipinski definition) is 6. The van der Waals surface area contributed by atoms with Crippen LogP contribution in [0, 0.1) is 5.82 Å². The van der Waals surface area contributed by atoms with Crippen molar-refractivity contribution in [2.24, 2.45) is 0 Å². The van der Waals surface area contributed by atoms with E-state index >= 15 is 0 Å². The van der Waals surface area contributed by atoms with Gasteiger partial charge in [-0.15, -0.1) is 10.2 Å². The van der Waals surface area contributed by atoms with Gasteiger partial charge in [0.1, 0.15) is 5.82 Å². The average molecular weight is 647 g/mol. The fraction of sp³-hybridized carbons (Fsp3) is 0.0690. The first kappa shape index (κ1) is 30.3. The number of nitrogens with one attached hydrogen (secondary N) is 1. The number of carbonyl (C=O) groups is 1. The minimum absolute atomic E-state index is 0.0408. The summed E-state index contributed by atoms with van der Waals surface area (Å²) in [7, 11) is -4.08. The summed E-state index contributed by atoms with van der Waals surface area (Å²) < 4.78 is 84.1. The van der Waals surface area contributed by atoms with Crippen LogP contribution in [0.1, 0.15) is 15.9 Å². The van der Waals surface area contributed by atoms with E-state index in [0.29, 0.717) is 5.02 Å². The number of aromatic nitrogens is 3. The number of halogens is 5. The molecule has 0 aliphatic heterocycles. The number of nitrogens with zero attached hydrogens (tertiary/aromatic N) is 3. The van der Waals surface area contributed by atoms with Crippen molar-refractivity contribution in [2.45, 2.75) is 16.2 Å². The Labute approximate surface area is 252 Å². The molecule has 0 saturated carbocycles. The van der Waals surface area contributed by atoms with Gasteiger partial charge in [-0.2, -0.15) is 13.2 Å². The number of benzene rings is 4. The molecule has 0 fully saturated rings. The fourth-order valence-electron chi connectivity index (χ4n) is 3.99. The summed E-state index contributed by atoms with van der Waals surface area (Å²) >= 11 is 6.79. The van der Waals surface area contributed by atoms with E-state index in [2.05, 4.69) is 14.9 Å². The maximum Gasteiger partial charge on any atom is 0.416 e. The van der Waals surface area contributed by atoms with Crippen molar-refractivity contribution in [3.63, 3.8) is 0 Å². The number of Topliss-reactive ketones (excluding diaryl/α,β-unsaturated/α-hetero) is 1. The number of carbonyl (C=O) groups excluding carboxylic acids is 1. The molecule has 43 heavy (non-hydrogen) atoms. The lowest BCUT2D eigenvalue weighted by molar-refractivity contribution is -0.137. The predicted molar refractivity (Wildman–Crippen MR) is 156 cm³/mol. The fourth-order valence-corrected chi connectivity index (χ4v) is 6.06. The van der Waals surface area contributed by atoms with E-state index < -0.39 is 27.6 Å². The lowest BCUT2D eigenvalue weighted by Crippen LogP contribution is -2.13. The van der Waals surface area contributed by atoms with Crippen LogP contribution in [0.2, 0.25) is 5.02 Å². The number of anilines is 1. The SMILES string of the molecule is O=C(CSc1nnc(-c2cccc(S(=O)(=O)Nc3ccc(Cl)cc3)c2)n1-c1cccc(C(F)(F)F)c1)c1ccc(F)cc1. The molecule has 220 valence electrons. The highest BCUT2D eigenvalue weighted by Crippen LogP contribution is 2.34. The third-order valence-electron chi connectivity index (χ3n) is 6.06. The molecule has 0 aliphatic carbocycles. The quantitative estimate of drug-likeness (QED) is 0.101. The first-order chi connectivity index (χ1) is 20.4. The van der Waals surface area contributed by atoms with Gasteiger partial charge in [-0.1, -0.05) is 41.6 Å². The molecule has 0 radical (unpaired) electrons. The van der Waals surface area contributed by atoms with Crippen LogP contribution >= 0.6 is 23.4 Å². The van der Waals surface area contributed by atoms with Crippen molar-refractivity contribution >= 4 is 44.9 Å². The van der Waals surface area contributed by atoms with E-state index in [4.69, 9.17) is 11.6 Å². The summed E-state index contributed by atoms with van der Waals surface area (Å²) in [6.07, 6.45) is -4.64. The molecule has 14 heteroatoms. The van der Waals surface area contributed by atoms with Crippen molar-refractivity contribution < 1.29 is 30.8 Å². The van der Waals surface area contributed by atoms with Crippen LogP contribution < -0.4 is 4.72 Å². The van der Waals surface area contributed by atoms with Gasteiger partial charge >= 0.3 is 6.18 Å². The molecule has 1 heterocycles. The highest BCUT2D eigenvalue weighted by Gasteiger charge is 2.31. The Morgan fingerprint density at radius 1 is 0.907 bits per heavy atom. The highest BCUT2D eigenvalue weighted by molar-refractivity contribution is 7.99. The summed E-state index contributed by atoms with van der Waals surface area (Å²) in [5, 5.41) is 8.77. The molecule has 1 aromatic heterocycles. The van der Waals surface area contributed by atoms with Crippen LogP contribution in [0.15, 0.2) is 107 Å². The predicted octanol–water partition coefficient (Wildman–Crippen LogP) is 7.52. The van der Waals surface area contributed by atoms with Gasteiger partial charge in [-0.05, 0) is 78.9 Å². The van der Waals surface area contributed by atoms with Gasteiger partial charge in [-0.3, -0.25) is 14.1 Å². The van der Waals surface area contributed by atoms with E-state index in [1.165, 1.54) is 77.4 Å². The van der Waals surface area contributed by atoms with E-state index in [-0.39, 0.29) is 49.9 Å². The van der Waals surface area contributed by atoms with Gasteiger partial charge in [0.25, 0.3) is 10.0 Å². The van der Waals surface area contributed by atoms with Crippen LogP contribution in [0.25, 0.3) is 17.1 Å². The molecular formula is C29H19ClF4N4O3S2. The third kappa shape index (κ3) is 7.07. The lowest BCUT2D eigenvalue weighted by Gasteiger charge is -2.14. The molecular weight excluding hydrogens is 628 g/mol. The second kappa shape index (κ2) is 12.2. The molecule has 0 aliphatic rings. The molecule has 0 unspecified atom stereocenters. The highest BCUT2D eigenvalue weighted by atomic mass is 35.5. The zero-order valence-corrected chi connectivity index (χ0v) is 24.1. The Kier molecular flexibility index (Phi) is 8.58. The van der Waals surface area contributed by atoms with Gasteiger partial charge in [0.2, 0.25) is 0 Å². The van der Waals surface area contributed by atoms with Crippen LogP contribution in [0.5, 0.6) is 0 Å². The Morgan fingerprint density at radius 2 is 1.60 bits per heavy atom. The first-order valence-corrected chi connectivity index (χ1v) is 15.2. The van der Waals surface area contributed by atoms with Gasteiger partial charge < -0.3 is 0 Å². The van der Waals surface area contributed by atoms with Gasteiger partial charge in [0, 0.05) is 21.8 Å². The molecule has 0 atom stereocenters. The Morgan fingerprint density at radius 3 is 2.30 bits per heavy atom. The van der Waals surface area contributed by atoms with E-state index in [1.54, 1.807) is 0 Å². The lowest BCUT2D eigenvalue weighted by atomic mass is 10.1. The van der Waals surface area contributed by atoms with Crippen LogP contribution in [-0.4, -0.2) is 34.7 Å². The molecule has 1 N–H and O–H groups in total.